The average molecular weight is 407 g/mol. The molecule has 0 nitrogen and oxygen atoms in total. The van der Waals surface area contributed by atoms with E-state index in [-0.39, 0.29) is 0 Å². The third kappa shape index (κ3) is 2.08. The standard InChI is InChI=1S/C7H3Br4/c1-3-6(10)4(8)2-5(9)7(3)11/h1H3. The Balaban J connectivity index is 3.46. The van der Waals surface area contributed by atoms with Crippen LogP contribution in [0.15, 0.2) is 17.9 Å². The lowest BCUT2D eigenvalue weighted by Gasteiger charge is -2.04. The first-order chi connectivity index (χ1) is 5.04. The number of hydrogen-bond acceptors (Lipinski definition) is 0. The first kappa shape index (κ1) is 10.2. The van der Waals surface area contributed by atoms with E-state index in [1.807, 2.05) is 6.92 Å². The van der Waals surface area contributed by atoms with Crippen LogP contribution in [-0.2, 0) is 0 Å². The summed E-state index contributed by atoms with van der Waals surface area (Å²) < 4.78 is 3.94. The van der Waals surface area contributed by atoms with Crippen LogP contribution in [-0.4, -0.2) is 0 Å². The molecule has 1 rings (SSSR count). The fraction of sp³-hybridized carbons (Fsp3) is 0.143. The minimum absolute atomic E-state index is 0.935. The Hall–Kier alpha value is 1.14. The Labute approximate surface area is 99.3 Å². The van der Waals surface area contributed by atoms with E-state index in [0.717, 1.165) is 23.5 Å². The summed E-state index contributed by atoms with van der Waals surface area (Å²) in [5.74, 6) is 0. The predicted octanol–water partition coefficient (Wildman–Crippen LogP) is 4.85. The van der Waals surface area contributed by atoms with Crippen molar-refractivity contribution in [3.63, 3.8) is 0 Å². The summed E-state index contributed by atoms with van der Waals surface area (Å²) in [6.07, 6.45) is 0. The lowest BCUT2D eigenvalue weighted by molar-refractivity contribution is 1.34. The highest BCUT2D eigenvalue weighted by Crippen LogP contribution is 2.36. The highest BCUT2D eigenvalue weighted by molar-refractivity contribution is 9.14. The molecule has 0 fully saturated rings. The summed E-state index contributed by atoms with van der Waals surface area (Å²) in [5.41, 5.74) is 1.16. The molecular weight excluding hydrogens is 404 g/mol. The smallest absolute Gasteiger partial charge is 0.0411 e. The number of rotatable bonds is 0. The number of hydrogen-bond donors (Lipinski definition) is 0. The summed E-state index contributed by atoms with van der Waals surface area (Å²) >= 11 is 13.6. The van der Waals surface area contributed by atoms with Gasteiger partial charge in [0.15, 0.2) is 0 Å². The second kappa shape index (κ2) is 3.90. The molecule has 0 spiro atoms. The van der Waals surface area contributed by atoms with Crippen molar-refractivity contribution in [3.05, 3.63) is 29.5 Å². The van der Waals surface area contributed by atoms with E-state index in [4.69, 9.17) is 0 Å². The van der Waals surface area contributed by atoms with Crippen molar-refractivity contribution >= 4 is 63.7 Å². The van der Waals surface area contributed by atoms with Crippen molar-refractivity contribution in [2.75, 3.05) is 0 Å². The molecule has 0 aliphatic carbocycles. The second-order valence-corrected chi connectivity index (χ2v) is 5.18. The average Bonchev–Trinajstić information content (AvgIpc) is 1.97. The van der Waals surface area contributed by atoms with Crippen molar-refractivity contribution in [3.8, 4) is 0 Å². The molecule has 0 saturated carbocycles. The van der Waals surface area contributed by atoms with Crippen LogP contribution >= 0.6 is 63.7 Å². The van der Waals surface area contributed by atoms with Crippen LogP contribution in [0.3, 0.4) is 0 Å². The van der Waals surface area contributed by atoms with E-state index in [1.165, 1.54) is 0 Å². The Morgan fingerprint density at radius 3 is 1.64 bits per heavy atom. The van der Waals surface area contributed by atoms with Gasteiger partial charge in [-0.05, 0) is 76.2 Å². The van der Waals surface area contributed by atoms with Crippen molar-refractivity contribution in [1.82, 2.24) is 0 Å². The summed E-state index contributed by atoms with van der Waals surface area (Å²) in [6.45, 7) is 2.03. The zero-order chi connectivity index (χ0) is 8.59. The molecule has 11 heavy (non-hydrogen) atoms. The summed E-state index contributed by atoms with van der Waals surface area (Å²) in [6, 6.07) is 3.09. The van der Waals surface area contributed by atoms with Crippen LogP contribution in [0.4, 0.5) is 0 Å². The zero-order valence-electron chi connectivity index (χ0n) is 5.51. The molecule has 0 atom stereocenters. The van der Waals surface area contributed by atoms with Gasteiger partial charge in [0.1, 0.15) is 0 Å². The highest BCUT2D eigenvalue weighted by Gasteiger charge is 2.08. The maximum atomic E-state index is 3.44. The Morgan fingerprint density at radius 2 is 1.27 bits per heavy atom. The summed E-state index contributed by atoms with van der Waals surface area (Å²) in [7, 11) is 0. The molecule has 1 radical (unpaired) electrons. The molecule has 59 valence electrons. The van der Waals surface area contributed by atoms with Gasteiger partial charge in [-0.3, -0.25) is 0 Å². The molecular formula is C7H3Br4. The molecule has 1 aromatic rings. The Morgan fingerprint density at radius 1 is 0.909 bits per heavy atom. The van der Waals surface area contributed by atoms with Gasteiger partial charge in [-0.25, -0.2) is 0 Å². The Kier molecular flexibility index (Phi) is 3.62. The third-order valence-corrected chi connectivity index (χ3v) is 5.50. The molecule has 0 aromatic heterocycles. The van der Waals surface area contributed by atoms with E-state index in [2.05, 4.69) is 69.8 Å². The zero-order valence-corrected chi connectivity index (χ0v) is 11.9. The highest BCUT2D eigenvalue weighted by atomic mass is 79.9. The minimum atomic E-state index is 0.935. The van der Waals surface area contributed by atoms with Gasteiger partial charge in [-0.1, -0.05) is 0 Å². The largest absolute Gasteiger partial charge is 0.0492 e. The third-order valence-electron chi connectivity index (χ3n) is 1.26. The van der Waals surface area contributed by atoms with Crippen LogP contribution in [0.25, 0.3) is 0 Å². The summed E-state index contributed by atoms with van der Waals surface area (Å²) in [5, 5.41) is 0. The summed E-state index contributed by atoms with van der Waals surface area (Å²) in [4.78, 5) is 0. The normalized spacial score (nSPS) is 10.3. The molecule has 0 aliphatic rings. The molecule has 0 unspecified atom stereocenters. The van der Waals surface area contributed by atoms with Crippen molar-refractivity contribution in [1.29, 1.82) is 0 Å². The second-order valence-electron chi connectivity index (χ2n) is 2.01. The molecule has 1 aromatic carbocycles. The van der Waals surface area contributed by atoms with Crippen LogP contribution in [0.1, 0.15) is 5.56 Å². The molecule has 0 saturated heterocycles. The van der Waals surface area contributed by atoms with Gasteiger partial charge in [0.05, 0.1) is 0 Å². The molecule has 0 aliphatic heterocycles. The van der Waals surface area contributed by atoms with E-state index in [1.54, 1.807) is 0 Å². The fourth-order valence-electron chi connectivity index (χ4n) is 0.632. The molecule has 0 bridgehead atoms. The number of benzene rings is 1. The lowest BCUT2D eigenvalue weighted by Crippen LogP contribution is -1.82. The van der Waals surface area contributed by atoms with Gasteiger partial charge in [0.25, 0.3) is 0 Å². The minimum Gasteiger partial charge on any atom is -0.0492 e. The topological polar surface area (TPSA) is 0 Å². The monoisotopic (exact) mass is 403 g/mol. The van der Waals surface area contributed by atoms with Crippen LogP contribution < -0.4 is 0 Å². The molecule has 4 heteroatoms. The van der Waals surface area contributed by atoms with Gasteiger partial charge in [-0.15, -0.1) is 0 Å². The van der Waals surface area contributed by atoms with Gasteiger partial charge in [0, 0.05) is 24.0 Å². The first-order valence-electron chi connectivity index (χ1n) is 2.76. The van der Waals surface area contributed by atoms with Gasteiger partial charge >= 0.3 is 0 Å². The van der Waals surface area contributed by atoms with E-state index in [0.29, 0.717) is 0 Å². The van der Waals surface area contributed by atoms with Crippen LogP contribution in [0, 0.1) is 13.0 Å². The van der Waals surface area contributed by atoms with Crippen LogP contribution in [0.5, 0.6) is 0 Å². The van der Waals surface area contributed by atoms with Crippen molar-refractivity contribution < 1.29 is 0 Å². The van der Waals surface area contributed by atoms with Gasteiger partial charge < -0.3 is 0 Å². The molecule has 0 amide bonds. The quantitative estimate of drug-likeness (QED) is 0.541. The van der Waals surface area contributed by atoms with Gasteiger partial charge in [0.2, 0.25) is 0 Å². The maximum absolute atomic E-state index is 3.44. The van der Waals surface area contributed by atoms with E-state index < -0.39 is 0 Å². The van der Waals surface area contributed by atoms with E-state index in [9.17, 15) is 0 Å². The predicted molar refractivity (Wildman–Crippen MR) is 60.8 cm³/mol. The van der Waals surface area contributed by atoms with Gasteiger partial charge in [-0.2, -0.15) is 0 Å². The number of halogens is 4. The first-order valence-corrected chi connectivity index (χ1v) is 5.93. The van der Waals surface area contributed by atoms with Crippen molar-refractivity contribution in [2.45, 2.75) is 6.92 Å². The van der Waals surface area contributed by atoms with E-state index >= 15 is 0 Å². The maximum Gasteiger partial charge on any atom is 0.0411 e. The lowest BCUT2D eigenvalue weighted by atomic mass is 10.2. The molecule has 0 N–H and O–H groups in total. The molecule has 0 heterocycles. The Bertz CT molecular complexity index is 267. The fourth-order valence-corrected chi connectivity index (χ4v) is 2.75. The van der Waals surface area contributed by atoms with Crippen molar-refractivity contribution in [2.24, 2.45) is 0 Å². The van der Waals surface area contributed by atoms with Crippen LogP contribution in [0.2, 0.25) is 0 Å². The SMILES string of the molecule is Cc1c(Br)c(Br)[c]c(Br)c1Br.